The van der Waals surface area contributed by atoms with Crippen molar-refractivity contribution in [3.63, 3.8) is 0 Å². The minimum atomic E-state index is -0.335. The minimum absolute atomic E-state index is 0.0258. The third kappa shape index (κ3) is 4.53. The topological polar surface area (TPSA) is 67.6 Å². The smallest absolute Gasteiger partial charge is 0.249 e. The van der Waals surface area contributed by atoms with Crippen molar-refractivity contribution < 1.29 is 9.53 Å². The Balaban J connectivity index is 1.44. The van der Waals surface area contributed by atoms with Crippen LogP contribution in [0.1, 0.15) is 36.8 Å². The highest BCUT2D eigenvalue weighted by Gasteiger charge is 2.29. The molecule has 3 N–H and O–H groups in total. The second-order valence-electron chi connectivity index (χ2n) is 6.58. The first-order valence-electron chi connectivity index (χ1n) is 8.68. The average Bonchev–Trinajstić information content (AvgIpc) is 3.25. The van der Waals surface area contributed by atoms with Crippen LogP contribution in [0.3, 0.4) is 0 Å². The van der Waals surface area contributed by atoms with Gasteiger partial charge < -0.3 is 15.8 Å². The molecule has 1 aromatic carbocycles. The summed E-state index contributed by atoms with van der Waals surface area (Å²) in [7, 11) is 0. The Kier molecular flexibility index (Phi) is 5.65. The van der Waals surface area contributed by atoms with Gasteiger partial charge in [-0.15, -0.1) is 0 Å². The fraction of sp³-hybridized carbons (Fsp3) is 0.611. The van der Waals surface area contributed by atoms with Crippen molar-refractivity contribution in [3.05, 3.63) is 35.4 Å². The van der Waals surface area contributed by atoms with Crippen LogP contribution < -0.4 is 11.1 Å². The standard InChI is InChI=1S/C18H27N3O2/c19-11-16-7-8-17(23-16)18(22)20-12-14-3-5-15(6-4-14)13-21-9-1-2-10-21/h3-6,16-17H,1-2,7-13,19H2,(H,20,22)/t16-,17+/m1/s1. The molecule has 0 aromatic heterocycles. The zero-order chi connectivity index (χ0) is 16.1. The monoisotopic (exact) mass is 317 g/mol. The van der Waals surface area contributed by atoms with Gasteiger partial charge in [0.05, 0.1) is 6.10 Å². The molecule has 2 saturated heterocycles. The van der Waals surface area contributed by atoms with E-state index < -0.39 is 0 Å². The van der Waals surface area contributed by atoms with Gasteiger partial charge in [0.15, 0.2) is 0 Å². The third-order valence-corrected chi connectivity index (χ3v) is 4.76. The Labute approximate surface area is 138 Å². The van der Waals surface area contributed by atoms with Crippen LogP contribution in [0.5, 0.6) is 0 Å². The van der Waals surface area contributed by atoms with E-state index in [-0.39, 0.29) is 18.1 Å². The van der Waals surface area contributed by atoms with Gasteiger partial charge in [-0.25, -0.2) is 0 Å². The van der Waals surface area contributed by atoms with Gasteiger partial charge in [-0.1, -0.05) is 24.3 Å². The molecule has 1 amide bonds. The van der Waals surface area contributed by atoms with Crippen LogP contribution in [-0.2, 0) is 22.6 Å². The highest BCUT2D eigenvalue weighted by Crippen LogP contribution is 2.19. The summed E-state index contributed by atoms with van der Waals surface area (Å²) in [5.41, 5.74) is 8.04. The molecule has 0 spiro atoms. The summed E-state index contributed by atoms with van der Waals surface area (Å²) < 4.78 is 5.61. The van der Waals surface area contributed by atoms with Gasteiger partial charge in [-0.2, -0.15) is 0 Å². The number of hydrogen-bond donors (Lipinski definition) is 2. The average molecular weight is 317 g/mol. The number of amides is 1. The zero-order valence-corrected chi connectivity index (χ0v) is 13.7. The number of rotatable bonds is 6. The van der Waals surface area contributed by atoms with Crippen molar-refractivity contribution in [2.75, 3.05) is 19.6 Å². The summed E-state index contributed by atoms with van der Waals surface area (Å²) in [6, 6.07) is 8.53. The molecular weight excluding hydrogens is 290 g/mol. The van der Waals surface area contributed by atoms with E-state index in [1.54, 1.807) is 0 Å². The van der Waals surface area contributed by atoms with Crippen molar-refractivity contribution in [3.8, 4) is 0 Å². The Bertz CT molecular complexity index is 512. The number of likely N-dealkylation sites (tertiary alicyclic amines) is 1. The summed E-state index contributed by atoms with van der Waals surface area (Å²) in [6.07, 6.45) is 3.98. The van der Waals surface area contributed by atoms with Crippen LogP contribution in [0.2, 0.25) is 0 Å². The summed E-state index contributed by atoms with van der Waals surface area (Å²) in [4.78, 5) is 14.6. The van der Waals surface area contributed by atoms with E-state index in [0.29, 0.717) is 13.1 Å². The van der Waals surface area contributed by atoms with Gasteiger partial charge >= 0.3 is 0 Å². The summed E-state index contributed by atoms with van der Waals surface area (Å²) in [6.45, 7) is 4.49. The van der Waals surface area contributed by atoms with Crippen molar-refractivity contribution in [2.45, 2.75) is 51.0 Å². The fourth-order valence-electron chi connectivity index (χ4n) is 3.34. The Morgan fingerprint density at radius 2 is 1.87 bits per heavy atom. The van der Waals surface area contributed by atoms with Crippen LogP contribution in [-0.4, -0.2) is 42.6 Å². The van der Waals surface area contributed by atoms with E-state index in [9.17, 15) is 4.79 Å². The minimum Gasteiger partial charge on any atom is -0.364 e. The van der Waals surface area contributed by atoms with Crippen molar-refractivity contribution in [1.29, 1.82) is 0 Å². The molecule has 0 bridgehead atoms. The molecule has 2 heterocycles. The number of carbonyl (C=O) groups excluding carboxylic acids is 1. The van der Waals surface area contributed by atoms with Gasteiger partial charge in [0.2, 0.25) is 5.91 Å². The molecule has 126 valence electrons. The molecule has 5 nitrogen and oxygen atoms in total. The Hall–Kier alpha value is -1.43. The number of carbonyl (C=O) groups is 1. The molecule has 5 heteroatoms. The highest BCUT2D eigenvalue weighted by atomic mass is 16.5. The molecule has 2 atom stereocenters. The van der Waals surface area contributed by atoms with Crippen LogP contribution in [0.4, 0.5) is 0 Å². The molecule has 2 aliphatic heterocycles. The molecule has 2 aliphatic rings. The summed E-state index contributed by atoms with van der Waals surface area (Å²) >= 11 is 0. The summed E-state index contributed by atoms with van der Waals surface area (Å²) in [5.74, 6) is -0.0258. The van der Waals surface area contributed by atoms with E-state index in [2.05, 4.69) is 34.5 Å². The third-order valence-electron chi connectivity index (χ3n) is 4.76. The molecule has 2 fully saturated rings. The van der Waals surface area contributed by atoms with Crippen LogP contribution >= 0.6 is 0 Å². The van der Waals surface area contributed by atoms with Crippen molar-refractivity contribution in [1.82, 2.24) is 10.2 Å². The number of nitrogens with one attached hydrogen (secondary N) is 1. The maximum absolute atomic E-state index is 12.1. The molecule has 0 aliphatic carbocycles. The second-order valence-corrected chi connectivity index (χ2v) is 6.58. The maximum Gasteiger partial charge on any atom is 0.249 e. The lowest BCUT2D eigenvalue weighted by Gasteiger charge is -2.15. The number of ether oxygens (including phenoxy) is 1. The van der Waals surface area contributed by atoms with E-state index >= 15 is 0 Å². The molecule has 0 saturated carbocycles. The maximum atomic E-state index is 12.1. The molecule has 0 radical (unpaired) electrons. The Morgan fingerprint density at radius 1 is 1.17 bits per heavy atom. The first-order chi connectivity index (χ1) is 11.2. The summed E-state index contributed by atoms with van der Waals surface area (Å²) in [5, 5.41) is 2.96. The van der Waals surface area contributed by atoms with E-state index in [0.717, 1.165) is 24.9 Å². The zero-order valence-electron chi connectivity index (χ0n) is 13.7. The second kappa shape index (κ2) is 7.90. The first kappa shape index (κ1) is 16.4. The number of benzene rings is 1. The van der Waals surface area contributed by atoms with Crippen LogP contribution in [0, 0.1) is 0 Å². The number of nitrogens with zero attached hydrogens (tertiary/aromatic N) is 1. The van der Waals surface area contributed by atoms with Gasteiger partial charge in [-0.3, -0.25) is 9.69 Å². The normalized spacial score (nSPS) is 24.9. The lowest BCUT2D eigenvalue weighted by Crippen LogP contribution is -2.35. The largest absolute Gasteiger partial charge is 0.364 e. The van der Waals surface area contributed by atoms with Crippen LogP contribution in [0.15, 0.2) is 24.3 Å². The van der Waals surface area contributed by atoms with Crippen LogP contribution in [0.25, 0.3) is 0 Å². The molecule has 3 rings (SSSR count). The van der Waals surface area contributed by atoms with Crippen molar-refractivity contribution >= 4 is 5.91 Å². The quantitative estimate of drug-likeness (QED) is 0.832. The fourth-order valence-corrected chi connectivity index (χ4v) is 3.34. The van der Waals surface area contributed by atoms with E-state index in [1.807, 2.05) is 0 Å². The lowest BCUT2D eigenvalue weighted by molar-refractivity contribution is -0.132. The van der Waals surface area contributed by atoms with Gasteiger partial charge in [0.1, 0.15) is 6.10 Å². The predicted octanol–water partition coefficient (Wildman–Crippen LogP) is 1.40. The predicted molar refractivity (Wildman–Crippen MR) is 89.7 cm³/mol. The first-order valence-corrected chi connectivity index (χ1v) is 8.68. The number of hydrogen-bond acceptors (Lipinski definition) is 4. The van der Waals surface area contributed by atoms with Gasteiger partial charge in [0.25, 0.3) is 0 Å². The molecule has 1 aromatic rings. The van der Waals surface area contributed by atoms with E-state index in [4.69, 9.17) is 10.5 Å². The highest BCUT2D eigenvalue weighted by molar-refractivity contribution is 5.81. The Morgan fingerprint density at radius 3 is 2.52 bits per heavy atom. The SMILES string of the molecule is NC[C@H]1CC[C@@H](C(=O)NCc2ccc(CN3CCCC3)cc2)O1. The van der Waals surface area contributed by atoms with Gasteiger partial charge in [0, 0.05) is 19.6 Å². The van der Waals surface area contributed by atoms with Crippen molar-refractivity contribution in [2.24, 2.45) is 5.73 Å². The van der Waals surface area contributed by atoms with Gasteiger partial charge in [-0.05, 0) is 49.9 Å². The lowest BCUT2D eigenvalue weighted by atomic mass is 10.1. The molecule has 23 heavy (non-hydrogen) atoms. The van der Waals surface area contributed by atoms with E-state index in [1.165, 1.54) is 31.5 Å². The number of nitrogens with two attached hydrogens (primary N) is 1. The molecular formula is C18H27N3O2. The molecule has 0 unspecified atom stereocenters.